The molecule has 0 bridgehead atoms. The van der Waals surface area contributed by atoms with Gasteiger partial charge < -0.3 is 23.7 Å². The zero-order valence-electron chi connectivity index (χ0n) is 23.9. The molecule has 0 saturated heterocycles. The molecule has 1 aromatic heterocycles. The van der Waals surface area contributed by atoms with Gasteiger partial charge in [0.15, 0.2) is 11.5 Å². The summed E-state index contributed by atoms with van der Waals surface area (Å²) in [6.45, 7) is 3.82. The van der Waals surface area contributed by atoms with Crippen LogP contribution in [0.15, 0.2) is 108 Å². The number of carboxylic acids is 1. The maximum absolute atomic E-state index is 12.1. The summed E-state index contributed by atoms with van der Waals surface area (Å²) in [5.41, 5.74) is 3.24. The maximum atomic E-state index is 12.1. The van der Waals surface area contributed by atoms with E-state index >= 15 is 0 Å². The highest BCUT2D eigenvalue weighted by molar-refractivity contribution is 5.78. The van der Waals surface area contributed by atoms with Gasteiger partial charge in [0.25, 0.3) is 0 Å². The number of carboxylic acid groups (broad SMARTS) is 1. The van der Waals surface area contributed by atoms with E-state index in [0.717, 1.165) is 33.7 Å². The summed E-state index contributed by atoms with van der Waals surface area (Å²) in [5.74, 6) is 1.81. The smallest absolute Gasteiger partial charge is 0.348 e. The topological polar surface area (TPSA) is 91.0 Å². The number of aromatic nitrogens is 1. The van der Waals surface area contributed by atoms with E-state index in [0.29, 0.717) is 36.2 Å². The van der Waals surface area contributed by atoms with Gasteiger partial charge in [-0.3, -0.25) is 0 Å². The van der Waals surface area contributed by atoms with Crippen LogP contribution in [0.5, 0.6) is 17.2 Å². The minimum atomic E-state index is -1.46. The summed E-state index contributed by atoms with van der Waals surface area (Å²) in [7, 11) is 1.56. The van der Waals surface area contributed by atoms with Crippen molar-refractivity contribution in [2.24, 2.45) is 0 Å². The fourth-order valence-electron chi connectivity index (χ4n) is 4.74. The van der Waals surface area contributed by atoms with Gasteiger partial charge >= 0.3 is 5.97 Å². The SMILES string of the molecule is COc1cc(CC(C)(Oc2ccccc2)C(=O)O)ccc1OCCc1nc(-c2cccc(-c3ccccc3)c2)oc1C. The van der Waals surface area contributed by atoms with Gasteiger partial charge in [0.05, 0.1) is 19.4 Å². The van der Waals surface area contributed by atoms with Crippen molar-refractivity contribution >= 4 is 5.97 Å². The Morgan fingerprint density at radius 1 is 0.857 bits per heavy atom. The van der Waals surface area contributed by atoms with E-state index < -0.39 is 11.6 Å². The van der Waals surface area contributed by atoms with Gasteiger partial charge in [0, 0.05) is 18.4 Å². The summed E-state index contributed by atoms with van der Waals surface area (Å²) in [6, 6.07) is 32.7. The molecule has 0 aliphatic rings. The van der Waals surface area contributed by atoms with Crippen LogP contribution in [0.4, 0.5) is 0 Å². The molecule has 7 heteroatoms. The molecule has 5 aromatic rings. The number of aliphatic carboxylic acids is 1. The molecule has 1 atom stereocenters. The molecule has 5 rings (SSSR count). The molecule has 0 saturated carbocycles. The number of benzene rings is 4. The van der Waals surface area contributed by atoms with Crippen LogP contribution in [0, 0.1) is 6.92 Å². The molecule has 214 valence electrons. The first kappa shape index (κ1) is 28.5. The third-order valence-corrected chi connectivity index (χ3v) is 7.01. The highest BCUT2D eigenvalue weighted by Crippen LogP contribution is 2.32. The van der Waals surface area contributed by atoms with Gasteiger partial charge in [-0.2, -0.15) is 0 Å². The first-order chi connectivity index (χ1) is 20.3. The monoisotopic (exact) mass is 563 g/mol. The van der Waals surface area contributed by atoms with Gasteiger partial charge in [0.1, 0.15) is 11.5 Å². The molecule has 7 nitrogen and oxygen atoms in total. The summed E-state index contributed by atoms with van der Waals surface area (Å²) in [6.07, 6.45) is 0.681. The van der Waals surface area contributed by atoms with E-state index in [-0.39, 0.29) is 6.42 Å². The van der Waals surface area contributed by atoms with Gasteiger partial charge in [-0.25, -0.2) is 9.78 Å². The van der Waals surface area contributed by atoms with E-state index in [1.165, 1.54) is 0 Å². The van der Waals surface area contributed by atoms with E-state index in [2.05, 4.69) is 24.3 Å². The van der Waals surface area contributed by atoms with Gasteiger partial charge in [-0.05, 0) is 66.9 Å². The number of aryl methyl sites for hydroxylation is 1. The number of methoxy groups -OCH3 is 1. The van der Waals surface area contributed by atoms with Crippen molar-refractivity contribution in [3.8, 4) is 39.8 Å². The van der Waals surface area contributed by atoms with Gasteiger partial charge in [-0.15, -0.1) is 0 Å². The van der Waals surface area contributed by atoms with Crippen molar-refractivity contribution in [2.75, 3.05) is 13.7 Å². The molecule has 1 unspecified atom stereocenters. The van der Waals surface area contributed by atoms with Gasteiger partial charge in [0.2, 0.25) is 11.5 Å². The van der Waals surface area contributed by atoms with Crippen LogP contribution in [0.3, 0.4) is 0 Å². The molecule has 0 spiro atoms. The Kier molecular flexibility index (Phi) is 8.58. The van der Waals surface area contributed by atoms with E-state index in [9.17, 15) is 9.90 Å². The third kappa shape index (κ3) is 6.63. The molecule has 0 radical (unpaired) electrons. The average Bonchev–Trinajstić information content (AvgIpc) is 3.38. The Morgan fingerprint density at radius 3 is 2.26 bits per heavy atom. The lowest BCUT2D eigenvalue weighted by Gasteiger charge is -2.27. The Bertz CT molecular complexity index is 1650. The van der Waals surface area contributed by atoms with Crippen molar-refractivity contribution in [1.82, 2.24) is 4.98 Å². The van der Waals surface area contributed by atoms with Crippen LogP contribution < -0.4 is 14.2 Å². The van der Waals surface area contributed by atoms with Crippen LogP contribution in [-0.4, -0.2) is 35.4 Å². The fraction of sp³-hybridized carbons (Fsp3) is 0.200. The Balaban J connectivity index is 1.24. The second-order valence-corrected chi connectivity index (χ2v) is 10.2. The lowest BCUT2D eigenvalue weighted by atomic mass is 9.96. The molecule has 0 aliphatic carbocycles. The summed E-state index contributed by atoms with van der Waals surface area (Å²) >= 11 is 0. The van der Waals surface area contributed by atoms with Crippen LogP contribution >= 0.6 is 0 Å². The van der Waals surface area contributed by atoms with Gasteiger partial charge in [-0.1, -0.05) is 66.7 Å². The first-order valence-corrected chi connectivity index (χ1v) is 13.7. The van der Waals surface area contributed by atoms with Crippen molar-refractivity contribution in [3.63, 3.8) is 0 Å². The standard InChI is InChI=1S/C35H33NO6/c1-24-30(36-33(41-24)28-14-10-13-27(22-28)26-11-6-4-7-12-26)19-20-40-31-18-17-25(21-32(31)39-3)23-35(2,34(37)38)42-29-15-8-5-9-16-29/h4-18,21-22H,19-20,23H2,1-3H3,(H,37,38). The number of hydrogen-bond donors (Lipinski definition) is 1. The largest absolute Gasteiger partial charge is 0.493 e. The molecule has 0 aliphatic heterocycles. The minimum absolute atomic E-state index is 0.139. The van der Waals surface area contributed by atoms with Crippen molar-refractivity contribution in [2.45, 2.75) is 32.3 Å². The predicted molar refractivity (Wildman–Crippen MR) is 161 cm³/mol. The van der Waals surface area contributed by atoms with E-state index in [1.807, 2.05) is 49.4 Å². The second kappa shape index (κ2) is 12.6. The first-order valence-electron chi connectivity index (χ1n) is 13.7. The molecule has 1 N–H and O–H groups in total. The molecular formula is C35H33NO6. The highest BCUT2D eigenvalue weighted by atomic mass is 16.5. The highest BCUT2D eigenvalue weighted by Gasteiger charge is 2.36. The molecule has 1 heterocycles. The van der Waals surface area contributed by atoms with Crippen molar-refractivity contribution in [1.29, 1.82) is 0 Å². The fourth-order valence-corrected chi connectivity index (χ4v) is 4.74. The Morgan fingerprint density at radius 2 is 1.55 bits per heavy atom. The molecular weight excluding hydrogens is 530 g/mol. The van der Waals surface area contributed by atoms with Crippen molar-refractivity contribution < 1.29 is 28.5 Å². The number of ether oxygens (including phenoxy) is 3. The summed E-state index contributed by atoms with van der Waals surface area (Å²) in [5, 5.41) is 9.93. The normalized spacial score (nSPS) is 12.4. The Hall–Kier alpha value is -5.04. The van der Waals surface area contributed by atoms with Crippen LogP contribution in [0.25, 0.3) is 22.6 Å². The van der Waals surface area contributed by atoms with E-state index in [1.54, 1.807) is 50.4 Å². The minimum Gasteiger partial charge on any atom is -0.493 e. The number of rotatable bonds is 12. The number of carbonyl (C=O) groups is 1. The maximum Gasteiger partial charge on any atom is 0.348 e. The molecule has 0 fully saturated rings. The van der Waals surface area contributed by atoms with Crippen LogP contribution in [-0.2, 0) is 17.6 Å². The quantitative estimate of drug-likeness (QED) is 0.169. The second-order valence-electron chi connectivity index (χ2n) is 10.2. The number of hydrogen-bond acceptors (Lipinski definition) is 6. The summed E-state index contributed by atoms with van der Waals surface area (Å²) < 4.78 is 23.5. The lowest BCUT2D eigenvalue weighted by molar-refractivity contribution is -0.153. The van der Waals surface area contributed by atoms with Crippen molar-refractivity contribution in [3.05, 3.63) is 120 Å². The Labute approximate surface area is 245 Å². The summed E-state index contributed by atoms with van der Waals surface area (Å²) in [4.78, 5) is 16.9. The zero-order valence-corrected chi connectivity index (χ0v) is 23.9. The number of para-hydroxylation sites is 1. The lowest BCUT2D eigenvalue weighted by Crippen LogP contribution is -2.43. The molecule has 42 heavy (non-hydrogen) atoms. The third-order valence-electron chi connectivity index (χ3n) is 7.01. The zero-order chi connectivity index (χ0) is 29.5. The number of nitrogens with zero attached hydrogens (tertiary/aromatic N) is 1. The van der Waals surface area contributed by atoms with E-state index in [4.69, 9.17) is 23.6 Å². The predicted octanol–water partition coefficient (Wildman–Crippen LogP) is 7.41. The average molecular weight is 564 g/mol. The number of oxazole rings is 1. The van der Waals surface area contributed by atoms with Crippen LogP contribution in [0.1, 0.15) is 23.9 Å². The molecule has 0 amide bonds. The molecule has 4 aromatic carbocycles. The van der Waals surface area contributed by atoms with Crippen LogP contribution in [0.2, 0.25) is 0 Å².